The number of halogens is 6. The number of fused-ring (bicyclic) bond motifs is 2. The molecule has 2 aromatic heterocycles. The van der Waals surface area contributed by atoms with Crippen molar-refractivity contribution in [1.82, 2.24) is 20.2 Å². The molecule has 1 aliphatic rings. The van der Waals surface area contributed by atoms with Crippen LogP contribution in [0.25, 0.3) is 22.7 Å². The van der Waals surface area contributed by atoms with Gasteiger partial charge in [-0.15, -0.1) is 6.42 Å². The van der Waals surface area contributed by atoms with E-state index in [1.54, 1.807) is 4.68 Å². The third-order valence-corrected chi connectivity index (χ3v) is 4.81. The van der Waals surface area contributed by atoms with Crippen molar-refractivity contribution in [2.75, 3.05) is 0 Å². The Morgan fingerprint density at radius 3 is 2.52 bits per heavy atom. The minimum atomic E-state index is -10.7. The van der Waals surface area contributed by atoms with Gasteiger partial charge < -0.3 is 0 Å². The summed E-state index contributed by atoms with van der Waals surface area (Å²) in [7, 11) is -10.7. The summed E-state index contributed by atoms with van der Waals surface area (Å²) in [6, 6.07) is 6.20. The van der Waals surface area contributed by atoms with Gasteiger partial charge in [-0.2, -0.15) is 9.78 Å². The standard InChI is InChI=1S/C18H15N5S.F6P/c1-3-10-22-16-7-5-4-6-14(16)12(2)15-11-13(8-9-17(15)22)23-18(24)19-20-21-23;1-7(2,3,4,5)6/h1,5,7-9,11H,4,6,10H2,2H3;/q;-1/p+1. The quantitative estimate of drug-likeness (QED) is 0.160. The second-order valence-electron chi connectivity index (χ2n) is 6.80. The van der Waals surface area contributed by atoms with Crippen molar-refractivity contribution in [3.63, 3.8) is 0 Å². The number of benzene rings is 1. The fourth-order valence-electron chi connectivity index (χ4n) is 3.40. The SMILES string of the molecule is C#CC[n+]1c2c(c(C)c3cc(-n4[nH]nnc4=S)ccc31)CCC=C2.F[P-](F)(F)(F)(F)F. The molecule has 1 aliphatic carbocycles. The molecule has 5 nitrogen and oxygen atoms in total. The van der Waals surface area contributed by atoms with E-state index in [9.17, 15) is 25.2 Å². The van der Waals surface area contributed by atoms with Gasteiger partial charge in [0.05, 0.1) is 11.1 Å². The zero-order valence-electron chi connectivity index (χ0n) is 16.0. The molecule has 0 saturated heterocycles. The van der Waals surface area contributed by atoms with E-state index in [4.69, 9.17) is 18.6 Å². The van der Waals surface area contributed by atoms with Crippen LogP contribution in [0.3, 0.4) is 0 Å². The van der Waals surface area contributed by atoms with Crippen LogP contribution >= 0.6 is 20.0 Å². The van der Waals surface area contributed by atoms with E-state index in [0.717, 1.165) is 24.0 Å². The Balaban J connectivity index is 0.000000339. The number of aromatic nitrogens is 5. The van der Waals surface area contributed by atoms with Gasteiger partial charge in [0.25, 0.3) is 0 Å². The van der Waals surface area contributed by atoms with Crippen molar-refractivity contribution in [3.8, 4) is 18.0 Å². The predicted octanol–water partition coefficient (Wildman–Crippen LogP) is 6.05. The summed E-state index contributed by atoms with van der Waals surface area (Å²) in [6.07, 6.45) is 12.1. The molecule has 13 heteroatoms. The van der Waals surface area contributed by atoms with E-state index < -0.39 is 7.81 Å². The van der Waals surface area contributed by atoms with Gasteiger partial charge in [-0.1, -0.05) is 16.4 Å². The topological polar surface area (TPSA) is 50.4 Å². The molecule has 4 rings (SSSR count). The van der Waals surface area contributed by atoms with Crippen LogP contribution in [0.1, 0.15) is 23.2 Å². The molecule has 0 radical (unpaired) electrons. The van der Waals surface area contributed by atoms with Crippen molar-refractivity contribution >= 4 is 37.0 Å². The van der Waals surface area contributed by atoms with Gasteiger partial charge >= 0.3 is 33.0 Å². The second kappa shape index (κ2) is 7.14. The molecule has 3 aromatic rings. The first kappa shape index (κ1) is 22.9. The molecular weight excluding hydrogens is 463 g/mol. The monoisotopic (exact) mass is 479 g/mol. The molecule has 0 unspecified atom stereocenters. The Bertz CT molecular complexity index is 1290. The number of aryl methyl sites for hydroxylation is 1. The third kappa shape index (κ3) is 5.89. The molecule has 31 heavy (non-hydrogen) atoms. The van der Waals surface area contributed by atoms with Crippen molar-refractivity contribution in [2.45, 2.75) is 26.3 Å². The number of H-pyrrole nitrogens is 1. The zero-order valence-corrected chi connectivity index (χ0v) is 17.7. The van der Waals surface area contributed by atoms with Gasteiger partial charge in [0.1, 0.15) is 0 Å². The molecule has 2 heterocycles. The first-order valence-corrected chi connectivity index (χ1v) is 11.3. The number of nitrogens with zero attached hydrogens (tertiary/aromatic N) is 4. The number of pyridine rings is 1. The van der Waals surface area contributed by atoms with Gasteiger partial charge in [0, 0.05) is 17.7 Å². The zero-order chi connectivity index (χ0) is 23.1. The summed E-state index contributed by atoms with van der Waals surface area (Å²) < 4.78 is 63.5. The number of rotatable bonds is 2. The van der Waals surface area contributed by atoms with Crippen LogP contribution < -0.4 is 4.57 Å². The van der Waals surface area contributed by atoms with E-state index in [2.05, 4.69) is 57.2 Å². The third-order valence-electron chi connectivity index (χ3n) is 4.54. The number of hydrogen-bond acceptors (Lipinski definition) is 3. The molecule has 1 aromatic carbocycles. The van der Waals surface area contributed by atoms with Crippen LogP contribution in [0.4, 0.5) is 25.2 Å². The molecule has 166 valence electrons. The Morgan fingerprint density at radius 2 is 1.94 bits per heavy atom. The van der Waals surface area contributed by atoms with Crippen LogP contribution in [0, 0.1) is 24.0 Å². The number of allylic oxidation sites excluding steroid dienone is 1. The average molecular weight is 479 g/mol. The summed E-state index contributed by atoms with van der Waals surface area (Å²) >= 11 is 5.20. The number of nitrogens with one attached hydrogen (secondary N) is 1. The van der Waals surface area contributed by atoms with Crippen LogP contribution in [-0.4, -0.2) is 20.2 Å². The van der Waals surface area contributed by atoms with Gasteiger partial charge in [0.2, 0.25) is 22.5 Å². The van der Waals surface area contributed by atoms with Gasteiger partial charge in [-0.05, 0) is 55.6 Å². The molecule has 1 N–H and O–H groups in total. The Morgan fingerprint density at radius 1 is 1.26 bits per heavy atom. The molecule has 0 fully saturated rings. The van der Waals surface area contributed by atoms with Crippen molar-refractivity contribution < 1.29 is 29.7 Å². The normalized spacial score (nSPS) is 15.3. The summed E-state index contributed by atoms with van der Waals surface area (Å²) in [5.41, 5.74) is 5.91. The summed E-state index contributed by atoms with van der Waals surface area (Å²) in [5, 5.41) is 11.6. The molecule has 0 spiro atoms. The van der Waals surface area contributed by atoms with Crippen LogP contribution in [-0.2, 0) is 13.0 Å². The molecule has 0 aliphatic heterocycles. The van der Waals surface area contributed by atoms with Gasteiger partial charge in [-0.25, -0.2) is 4.68 Å². The fourth-order valence-corrected chi connectivity index (χ4v) is 3.59. The average Bonchev–Trinajstić information content (AvgIpc) is 3.08. The van der Waals surface area contributed by atoms with Crippen LogP contribution in [0.5, 0.6) is 0 Å². The number of terminal acetylenes is 1. The second-order valence-corrected chi connectivity index (χ2v) is 9.08. The Kier molecular flexibility index (Phi) is 5.27. The maximum absolute atomic E-state index is 10.7. The molecule has 0 amide bonds. The first-order chi connectivity index (χ1) is 14.2. The van der Waals surface area contributed by atoms with E-state index >= 15 is 0 Å². The van der Waals surface area contributed by atoms with E-state index in [-0.39, 0.29) is 0 Å². The van der Waals surface area contributed by atoms with Gasteiger partial charge in [0.15, 0.2) is 0 Å². The molecular formula is C18H16F6N5PS. The number of aromatic amines is 1. The van der Waals surface area contributed by atoms with Crippen molar-refractivity contribution in [1.29, 1.82) is 0 Å². The van der Waals surface area contributed by atoms with Gasteiger partial charge in [-0.3, -0.25) is 0 Å². The minimum absolute atomic E-state index is 0.407. The Labute approximate surface area is 177 Å². The fraction of sp³-hybridized carbons (Fsp3) is 0.222. The summed E-state index contributed by atoms with van der Waals surface area (Å²) in [5.74, 6) is 2.78. The van der Waals surface area contributed by atoms with Crippen LogP contribution in [0.15, 0.2) is 24.3 Å². The first-order valence-electron chi connectivity index (χ1n) is 8.81. The summed E-state index contributed by atoms with van der Waals surface area (Å²) in [4.78, 5) is 0. The number of hydrogen-bond donors (Lipinski definition) is 1. The Hall–Kier alpha value is -2.77. The van der Waals surface area contributed by atoms with E-state index in [1.807, 2.05) is 6.07 Å². The summed E-state index contributed by atoms with van der Waals surface area (Å²) in [6.45, 7) is 2.72. The van der Waals surface area contributed by atoms with E-state index in [0.29, 0.717) is 11.3 Å². The van der Waals surface area contributed by atoms with E-state index in [1.165, 1.54) is 22.2 Å². The maximum atomic E-state index is 9.87. The number of tetrazole rings is 1. The van der Waals surface area contributed by atoms with Crippen LogP contribution in [0.2, 0.25) is 0 Å². The molecule has 0 atom stereocenters. The van der Waals surface area contributed by atoms with Crippen molar-refractivity contribution in [3.05, 3.63) is 45.9 Å². The van der Waals surface area contributed by atoms with Crippen molar-refractivity contribution in [2.24, 2.45) is 0 Å². The predicted molar refractivity (Wildman–Crippen MR) is 109 cm³/mol. The molecule has 0 saturated carbocycles. The molecule has 0 bridgehead atoms.